The van der Waals surface area contributed by atoms with E-state index < -0.39 is 34.3 Å². The smallest absolute Gasteiger partial charge is 0.417 e. The van der Waals surface area contributed by atoms with Gasteiger partial charge in [-0.3, -0.25) is 4.79 Å². The summed E-state index contributed by atoms with van der Waals surface area (Å²) in [6, 6.07) is 13.8. The van der Waals surface area contributed by atoms with Gasteiger partial charge in [-0.15, -0.1) is 0 Å². The summed E-state index contributed by atoms with van der Waals surface area (Å²) in [7, 11) is 0. The SMILES string of the molecule is O=c1cc(-c2c(F)cccc2C(F)(F)F)oc2c1ccc1ccccc12. The Bertz CT molecular complexity index is 1210. The van der Waals surface area contributed by atoms with Crippen LogP contribution in [0.3, 0.4) is 0 Å². The summed E-state index contributed by atoms with van der Waals surface area (Å²) < 4.78 is 59.8. The van der Waals surface area contributed by atoms with Crippen LogP contribution < -0.4 is 5.43 Å². The molecule has 0 saturated carbocycles. The third-order valence-corrected chi connectivity index (χ3v) is 4.18. The zero-order valence-electron chi connectivity index (χ0n) is 13.1. The zero-order chi connectivity index (χ0) is 18.5. The molecule has 0 fully saturated rings. The fourth-order valence-corrected chi connectivity index (χ4v) is 3.02. The predicted octanol–water partition coefficient (Wildman–Crippen LogP) is 5.77. The van der Waals surface area contributed by atoms with Gasteiger partial charge in [-0.2, -0.15) is 13.2 Å². The Kier molecular flexibility index (Phi) is 3.57. The molecule has 0 amide bonds. The summed E-state index contributed by atoms with van der Waals surface area (Å²) in [4.78, 5) is 12.4. The fraction of sp³-hybridized carbons (Fsp3) is 0.0500. The summed E-state index contributed by atoms with van der Waals surface area (Å²) in [5.74, 6) is -1.56. The second kappa shape index (κ2) is 5.69. The van der Waals surface area contributed by atoms with Crippen molar-refractivity contribution in [1.29, 1.82) is 0 Å². The Balaban J connectivity index is 2.12. The minimum absolute atomic E-state index is 0.127. The van der Waals surface area contributed by atoms with E-state index in [1.54, 1.807) is 36.4 Å². The van der Waals surface area contributed by atoms with Crippen LogP contribution in [0.1, 0.15) is 5.56 Å². The molecule has 0 aliphatic heterocycles. The van der Waals surface area contributed by atoms with E-state index in [1.165, 1.54) is 0 Å². The number of fused-ring (bicyclic) bond motifs is 3. The maximum absolute atomic E-state index is 14.2. The second-order valence-corrected chi connectivity index (χ2v) is 5.80. The molecular weight excluding hydrogens is 348 g/mol. The first kappa shape index (κ1) is 16.3. The van der Waals surface area contributed by atoms with Crippen LogP contribution in [0.15, 0.2) is 69.9 Å². The lowest BCUT2D eigenvalue weighted by Crippen LogP contribution is -2.10. The molecule has 2 nitrogen and oxygen atoms in total. The molecule has 3 aromatic carbocycles. The Morgan fingerprint density at radius 3 is 2.38 bits per heavy atom. The van der Waals surface area contributed by atoms with Crippen molar-refractivity contribution < 1.29 is 22.0 Å². The number of hydrogen-bond donors (Lipinski definition) is 0. The van der Waals surface area contributed by atoms with E-state index in [1.807, 2.05) is 0 Å². The molecule has 0 atom stereocenters. The summed E-state index contributed by atoms with van der Waals surface area (Å²) in [6.07, 6.45) is -4.79. The number of benzene rings is 3. The molecule has 0 N–H and O–H groups in total. The highest BCUT2D eigenvalue weighted by Gasteiger charge is 2.36. The van der Waals surface area contributed by atoms with Crippen LogP contribution in [0.25, 0.3) is 33.1 Å². The molecule has 0 bridgehead atoms. The highest BCUT2D eigenvalue weighted by atomic mass is 19.4. The molecule has 0 radical (unpaired) electrons. The second-order valence-electron chi connectivity index (χ2n) is 5.80. The first-order chi connectivity index (χ1) is 12.4. The van der Waals surface area contributed by atoms with Gasteiger partial charge >= 0.3 is 6.18 Å². The van der Waals surface area contributed by atoms with Crippen molar-refractivity contribution in [2.75, 3.05) is 0 Å². The van der Waals surface area contributed by atoms with Gasteiger partial charge in [-0.1, -0.05) is 36.4 Å². The van der Waals surface area contributed by atoms with E-state index in [4.69, 9.17) is 4.42 Å². The predicted molar refractivity (Wildman–Crippen MR) is 90.4 cm³/mol. The molecule has 4 aromatic rings. The van der Waals surface area contributed by atoms with Crippen LogP contribution in [-0.4, -0.2) is 0 Å². The molecule has 0 unspecified atom stereocenters. The zero-order valence-corrected chi connectivity index (χ0v) is 13.1. The van der Waals surface area contributed by atoms with Crippen molar-refractivity contribution in [3.8, 4) is 11.3 Å². The van der Waals surface area contributed by atoms with Crippen molar-refractivity contribution in [1.82, 2.24) is 0 Å². The van der Waals surface area contributed by atoms with Crippen LogP contribution in [0, 0.1) is 5.82 Å². The molecule has 0 aliphatic rings. The number of halogens is 4. The highest BCUT2D eigenvalue weighted by Crippen LogP contribution is 2.39. The van der Waals surface area contributed by atoms with E-state index in [0.717, 1.165) is 29.7 Å². The Morgan fingerprint density at radius 2 is 1.62 bits per heavy atom. The van der Waals surface area contributed by atoms with E-state index in [-0.39, 0.29) is 11.0 Å². The van der Waals surface area contributed by atoms with E-state index in [2.05, 4.69) is 0 Å². The molecule has 130 valence electrons. The molecule has 6 heteroatoms. The lowest BCUT2D eigenvalue weighted by molar-refractivity contribution is -0.137. The Labute approximate surface area is 144 Å². The third kappa shape index (κ3) is 2.54. The van der Waals surface area contributed by atoms with Crippen molar-refractivity contribution in [2.24, 2.45) is 0 Å². The summed E-state index contributed by atoms with van der Waals surface area (Å²) in [6.45, 7) is 0. The van der Waals surface area contributed by atoms with Gasteiger partial charge in [0.1, 0.15) is 17.2 Å². The standard InChI is InChI=1S/C20H10F4O2/c21-15-7-3-6-14(20(22,23)24)18(15)17-10-16(25)13-9-8-11-4-1-2-5-12(11)19(13)26-17/h1-10H. The van der Waals surface area contributed by atoms with Gasteiger partial charge in [-0.05, 0) is 23.6 Å². The average molecular weight is 358 g/mol. The minimum Gasteiger partial charge on any atom is -0.455 e. The quantitative estimate of drug-likeness (QED) is 0.319. The Hall–Kier alpha value is -3.15. The van der Waals surface area contributed by atoms with Crippen molar-refractivity contribution >= 4 is 21.7 Å². The van der Waals surface area contributed by atoms with Crippen LogP contribution in [-0.2, 0) is 6.18 Å². The molecule has 0 spiro atoms. The maximum Gasteiger partial charge on any atom is 0.417 e. The number of alkyl halides is 3. The minimum atomic E-state index is -4.79. The van der Waals surface area contributed by atoms with Gasteiger partial charge in [0, 0.05) is 11.5 Å². The molecule has 0 aliphatic carbocycles. The first-order valence-electron chi connectivity index (χ1n) is 7.68. The summed E-state index contributed by atoms with van der Waals surface area (Å²) in [5, 5.41) is 1.54. The normalized spacial score (nSPS) is 12.0. The Morgan fingerprint density at radius 1 is 0.846 bits per heavy atom. The van der Waals surface area contributed by atoms with Crippen molar-refractivity contribution in [3.63, 3.8) is 0 Å². The fourth-order valence-electron chi connectivity index (χ4n) is 3.02. The summed E-state index contributed by atoms with van der Waals surface area (Å²) >= 11 is 0. The van der Waals surface area contributed by atoms with E-state index in [9.17, 15) is 22.4 Å². The van der Waals surface area contributed by atoms with Crippen LogP contribution in [0.4, 0.5) is 17.6 Å². The molecule has 4 rings (SSSR count). The van der Waals surface area contributed by atoms with Crippen LogP contribution >= 0.6 is 0 Å². The number of hydrogen-bond acceptors (Lipinski definition) is 2. The van der Waals surface area contributed by atoms with Crippen molar-refractivity contribution in [3.05, 3.63) is 82.3 Å². The molecule has 0 saturated heterocycles. The van der Waals surface area contributed by atoms with Crippen LogP contribution in [0.2, 0.25) is 0 Å². The van der Waals surface area contributed by atoms with Gasteiger partial charge < -0.3 is 4.42 Å². The average Bonchev–Trinajstić information content (AvgIpc) is 2.60. The van der Waals surface area contributed by atoms with E-state index in [0.29, 0.717) is 5.39 Å². The van der Waals surface area contributed by atoms with Gasteiger partial charge in [0.05, 0.1) is 16.5 Å². The van der Waals surface area contributed by atoms with Gasteiger partial charge in [0.2, 0.25) is 0 Å². The summed E-state index contributed by atoms with van der Waals surface area (Å²) in [5.41, 5.74) is -2.38. The largest absolute Gasteiger partial charge is 0.455 e. The third-order valence-electron chi connectivity index (χ3n) is 4.18. The van der Waals surface area contributed by atoms with Gasteiger partial charge in [0.15, 0.2) is 5.43 Å². The lowest BCUT2D eigenvalue weighted by Gasteiger charge is -2.13. The lowest BCUT2D eigenvalue weighted by atomic mass is 10.0. The van der Waals surface area contributed by atoms with Gasteiger partial charge in [-0.25, -0.2) is 4.39 Å². The molecule has 1 aromatic heterocycles. The molecular formula is C20H10F4O2. The van der Waals surface area contributed by atoms with Crippen LogP contribution in [0.5, 0.6) is 0 Å². The number of rotatable bonds is 1. The van der Waals surface area contributed by atoms with Crippen molar-refractivity contribution in [2.45, 2.75) is 6.18 Å². The topological polar surface area (TPSA) is 30.2 Å². The molecule has 1 heterocycles. The molecule has 26 heavy (non-hydrogen) atoms. The maximum atomic E-state index is 14.2. The first-order valence-corrected chi connectivity index (χ1v) is 7.68. The van der Waals surface area contributed by atoms with E-state index >= 15 is 0 Å². The van der Waals surface area contributed by atoms with Gasteiger partial charge in [0.25, 0.3) is 0 Å². The monoisotopic (exact) mass is 358 g/mol. The highest BCUT2D eigenvalue weighted by molar-refractivity contribution is 6.04.